The lowest BCUT2D eigenvalue weighted by Gasteiger charge is -2.27. The Morgan fingerprint density at radius 2 is 1.46 bits per heavy atom. The van der Waals surface area contributed by atoms with Crippen molar-refractivity contribution in [3.63, 3.8) is 0 Å². The number of aromatic nitrogens is 4. The Hall–Kier alpha value is -6.19. The van der Waals surface area contributed by atoms with E-state index in [1.54, 1.807) is 31.3 Å². The Morgan fingerprint density at radius 3 is 2.06 bits per heavy atom. The molecular weight excluding hydrogens is 670 g/mol. The minimum absolute atomic E-state index is 0.0131. The van der Waals surface area contributed by atoms with Gasteiger partial charge in [-0.25, -0.2) is 19.6 Å². The van der Waals surface area contributed by atoms with Gasteiger partial charge in [0.1, 0.15) is 24.2 Å². The highest BCUT2D eigenvalue weighted by molar-refractivity contribution is 5.86. The number of imidazole rings is 2. The van der Waals surface area contributed by atoms with Crippen LogP contribution in [0.5, 0.6) is 0 Å². The summed E-state index contributed by atoms with van der Waals surface area (Å²) in [5.41, 5.74) is 5.46. The lowest BCUT2D eigenvalue weighted by molar-refractivity contribution is -0.137. The third-order valence-electron chi connectivity index (χ3n) is 8.87. The zero-order valence-electron chi connectivity index (χ0n) is 29.8. The molecule has 4 aromatic rings. The van der Waals surface area contributed by atoms with Gasteiger partial charge < -0.3 is 44.8 Å². The van der Waals surface area contributed by atoms with Crippen molar-refractivity contribution in [2.75, 3.05) is 41.0 Å². The van der Waals surface area contributed by atoms with Gasteiger partial charge in [-0.1, -0.05) is 48.5 Å². The number of methoxy groups -OCH3 is 2. The molecule has 1 saturated heterocycles. The number of hydrogen-bond acceptors (Lipinski definition) is 9. The summed E-state index contributed by atoms with van der Waals surface area (Å²) in [6.45, 7) is 3.43. The maximum absolute atomic E-state index is 13.1. The molecule has 16 heteroatoms. The molecule has 16 nitrogen and oxygen atoms in total. The van der Waals surface area contributed by atoms with Crippen LogP contribution in [0.2, 0.25) is 0 Å². The van der Waals surface area contributed by atoms with Gasteiger partial charge in [0, 0.05) is 20.5 Å². The Morgan fingerprint density at radius 1 is 0.885 bits per heavy atom. The van der Waals surface area contributed by atoms with Crippen LogP contribution < -0.4 is 10.6 Å². The number of ether oxygens (including phenoxy) is 2. The zero-order chi connectivity index (χ0) is 37.4. The molecule has 3 heterocycles. The van der Waals surface area contributed by atoms with Gasteiger partial charge in [-0.15, -0.1) is 0 Å². The number of amides is 5. The number of hydrogen-bond donors (Lipinski definition) is 4. The smallest absolute Gasteiger partial charge is 0.407 e. The number of rotatable bonds is 12. The van der Waals surface area contributed by atoms with Crippen LogP contribution >= 0.6 is 0 Å². The number of H-pyrrole nitrogens is 2. The van der Waals surface area contributed by atoms with Crippen molar-refractivity contribution in [2.45, 2.75) is 45.3 Å². The Kier molecular flexibility index (Phi) is 11.9. The first-order valence-electron chi connectivity index (χ1n) is 16.7. The van der Waals surface area contributed by atoms with E-state index in [2.05, 4.69) is 40.0 Å². The molecule has 1 aliphatic heterocycles. The SMILES string of the molecule is COC(=O)NCC(=O)N(Cc1ncc(-c2ccc(-c3ccc(-c4cnc([C@@H]5CCCN5C(=O)C(C)NC(=O)OC)[nH]4)cc3)cc2)[nH]1)CN(C)C(C)=O. The molecule has 52 heavy (non-hydrogen) atoms. The Bertz CT molecular complexity index is 1890. The summed E-state index contributed by atoms with van der Waals surface area (Å²) in [7, 11) is 4.05. The minimum atomic E-state index is -0.731. The van der Waals surface area contributed by atoms with Gasteiger partial charge in [0.25, 0.3) is 0 Å². The van der Waals surface area contributed by atoms with E-state index in [1.807, 2.05) is 48.5 Å². The first-order chi connectivity index (χ1) is 25.0. The van der Waals surface area contributed by atoms with E-state index < -0.39 is 24.1 Å². The van der Waals surface area contributed by atoms with E-state index in [1.165, 1.54) is 30.9 Å². The van der Waals surface area contributed by atoms with Gasteiger partial charge in [-0.05, 0) is 42.0 Å². The normalized spacial score (nSPS) is 14.3. The lowest BCUT2D eigenvalue weighted by Crippen LogP contribution is -2.46. The highest BCUT2D eigenvalue weighted by Crippen LogP contribution is 2.33. The van der Waals surface area contributed by atoms with Gasteiger partial charge >= 0.3 is 12.2 Å². The summed E-state index contributed by atoms with van der Waals surface area (Å²) in [6.07, 6.45) is 3.68. The van der Waals surface area contributed by atoms with Crippen molar-refractivity contribution in [1.29, 1.82) is 0 Å². The molecule has 0 spiro atoms. The second kappa shape index (κ2) is 16.7. The fourth-order valence-corrected chi connectivity index (χ4v) is 5.87. The molecule has 0 saturated carbocycles. The average Bonchev–Trinajstić information content (AvgIpc) is 3.95. The molecule has 5 rings (SSSR count). The van der Waals surface area contributed by atoms with Gasteiger partial charge in [0.15, 0.2) is 0 Å². The fourth-order valence-electron chi connectivity index (χ4n) is 5.87. The predicted molar refractivity (Wildman–Crippen MR) is 190 cm³/mol. The summed E-state index contributed by atoms with van der Waals surface area (Å²) in [4.78, 5) is 81.1. The van der Waals surface area contributed by atoms with Crippen LogP contribution in [0.4, 0.5) is 9.59 Å². The van der Waals surface area contributed by atoms with Crippen LogP contribution in [0.3, 0.4) is 0 Å². The molecule has 2 atom stereocenters. The molecule has 4 N–H and O–H groups in total. The zero-order valence-corrected chi connectivity index (χ0v) is 29.8. The van der Waals surface area contributed by atoms with Crippen molar-refractivity contribution in [3.05, 3.63) is 72.6 Å². The number of alkyl carbamates (subject to hydrolysis) is 2. The van der Waals surface area contributed by atoms with E-state index in [-0.39, 0.29) is 37.6 Å². The van der Waals surface area contributed by atoms with Crippen LogP contribution in [0.25, 0.3) is 33.6 Å². The van der Waals surface area contributed by atoms with E-state index in [0.29, 0.717) is 18.2 Å². The minimum Gasteiger partial charge on any atom is -0.453 e. The van der Waals surface area contributed by atoms with E-state index in [9.17, 15) is 24.0 Å². The van der Waals surface area contributed by atoms with Crippen molar-refractivity contribution >= 4 is 29.9 Å². The van der Waals surface area contributed by atoms with E-state index in [4.69, 9.17) is 0 Å². The number of carbonyl (C=O) groups is 5. The summed E-state index contributed by atoms with van der Waals surface area (Å²) in [6, 6.07) is 15.1. The summed E-state index contributed by atoms with van der Waals surface area (Å²) in [5, 5.41) is 4.91. The molecule has 1 fully saturated rings. The number of carbonyl (C=O) groups excluding carboxylic acids is 5. The van der Waals surface area contributed by atoms with Crippen LogP contribution in [-0.2, 0) is 30.4 Å². The molecule has 0 radical (unpaired) electrons. The topological polar surface area (TPSA) is 195 Å². The lowest BCUT2D eigenvalue weighted by atomic mass is 10.0. The number of benzene rings is 2. The van der Waals surface area contributed by atoms with Crippen molar-refractivity contribution in [3.8, 4) is 33.6 Å². The standard InChI is InChI=1S/C36H43N9O7/c1-22(40-36(50)52-5)34(48)45-16-6-7-30(45)33-38-18-29(42-33)27-14-10-25(11-15-27)24-8-12-26(13-9-24)28-17-37-31(41-28)20-44(21-43(3)23(2)46)32(47)19-39-35(49)51-4/h8-15,17-18,22,30H,6-7,16,19-21H2,1-5H3,(H,37,41)(H,38,42)(H,39,49)(H,40,50)/t22?,30-/m0/s1. The summed E-state index contributed by atoms with van der Waals surface area (Å²) < 4.78 is 9.17. The average molecular weight is 714 g/mol. The monoisotopic (exact) mass is 713 g/mol. The highest BCUT2D eigenvalue weighted by atomic mass is 16.5. The molecule has 0 bridgehead atoms. The number of nitrogens with zero attached hydrogens (tertiary/aromatic N) is 5. The molecule has 0 aliphatic carbocycles. The first-order valence-corrected chi connectivity index (χ1v) is 16.7. The molecule has 2 aromatic carbocycles. The molecule has 1 unspecified atom stereocenters. The van der Waals surface area contributed by atoms with E-state index >= 15 is 0 Å². The van der Waals surface area contributed by atoms with Crippen LogP contribution in [0.1, 0.15) is 44.4 Å². The third kappa shape index (κ3) is 8.93. The van der Waals surface area contributed by atoms with Gasteiger partial charge in [-0.3, -0.25) is 14.4 Å². The molecule has 1 aliphatic rings. The summed E-state index contributed by atoms with van der Waals surface area (Å²) >= 11 is 0. The quantitative estimate of drug-likeness (QED) is 0.159. The third-order valence-corrected chi connectivity index (χ3v) is 8.87. The maximum atomic E-state index is 13.1. The number of nitrogens with one attached hydrogen (secondary N) is 4. The number of likely N-dealkylation sites (tertiary alicyclic amines) is 1. The van der Waals surface area contributed by atoms with Crippen molar-refractivity contribution in [2.24, 2.45) is 0 Å². The molecule has 2 aromatic heterocycles. The van der Waals surface area contributed by atoms with Gasteiger partial charge in [0.2, 0.25) is 17.7 Å². The second-order valence-electron chi connectivity index (χ2n) is 12.4. The van der Waals surface area contributed by atoms with Crippen LogP contribution in [0, 0.1) is 0 Å². The molecular formula is C36H43N9O7. The van der Waals surface area contributed by atoms with E-state index in [0.717, 1.165) is 46.5 Å². The predicted octanol–water partition coefficient (Wildman–Crippen LogP) is 3.66. The summed E-state index contributed by atoms with van der Waals surface area (Å²) in [5.74, 6) is 0.401. The van der Waals surface area contributed by atoms with Gasteiger partial charge in [0.05, 0.1) is 57.3 Å². The second-order valence-corrected chi connectivity index (χ2v) is 12.4. The molecule has 5 amide bonds. The largest absolute Gasteiger partial charge is 0.453 e. The van der Waals surface area contributed by atoms with Crippen molar-refractivity contribution in [1.82, 2.24) is 45.3 Å². The fraction of sp³-hybridized carbons (Fsp3) is 0.361. The number of aromatic amines is 2. The first kappa shape index (κ1) is 37.1. The van der Waals surface area contributed by atoms with Gasteiger partial charge in [-0.2, -0.15) is 0 Å². The Balaban J connectivity index is 1.22. The Labute approximate surface area is 300 Å². The maximum Gasteiger partial charge on any atom is 0.407 e. The van der Waals surface area contributed by atoms with Crippen LogP contribution in [-0.4, -0.2) is 112 Å². The molecule has 274 valence electrons. The highest BCUT2D eigenvalue weighted by Gasteiger charge is 2.34. The van der Waals surface area contributed by atoms with Crippen LogP contribution in [0.15, 0.2) is 60.9 Å². The van der Waals surface area contributed by atoms with Crippen molar-refractivity contribution < 1.29 is 33.4 Å².